The number of nitrogens with two attached hydrogens (primary N) is 1. The van der Waals surface area contributed by atoms with E-state index >= 15 is 0 Å². The van der Waals surface area contributed by atoms with Gasteiger partial charge >= 0.3 is 0 Å². The van der Waals surface area contributed by atoms with Gasteiger partial charge in [-0.3, -0.25) is 4.79 Å². The Bertz CT molecular complexity index is 599. The van der Waals surface area contributed by atoms with Crippen molar-refractivity contribution in [2.24, 2.45) is 5.73 Å². The highest BCUT2D eigenvalue weighted by molar-refractivity contribution is 5.94. The molecule has 0 aliphatic carbocycles. The number of amides is 1. The second-order valence-electron chi connectivity index (χ2n) is 4.96. The van der Waals surface area contributed by atoms with Crippen LogP contribution in [-0.2, 0) is 6.54 Å². The van der Waals surface area contributed by atoms with E-state index < -0.39 is 0 Å². The lowest BCUT2D eigenvalue weighted by Crippen LogP contribution is -2.34. The third-order valence-corrected chi connectivity index (χ3v) is 3.29. The molecule has 0 fully saturated rings. The molecule has 0 bridgehead atoms. The lowest BCUT2D eigenvalue weighted by Gasteiger charge is -2.22. The van der Waals surface area contributed by atoms with Crippen LogP contribution in [0.25, 0.3) is 0 Å². The van der Waals surface area contributed by atoms with Crippen molar-refractivity contribution in [3.8, 4) is 5.75 Å². The van der Waals surface area contributed by atoms with Crippen molar-refractivity contribution >= 4 is 5.91 Å². The second kappa shape index (κ2) is 8.20. The van der Waals surface area contributed by atoms with Gasteiger partial charge in [-0.05, 0) is 30.7 Å². The molecule has 116 valence electrons. The van der Waals surface area contributed by atoms with Gasteiger partial charge in [-0.1, -0.05) is 36.4 Å². The maximum absolute atomic E-state index is 12.7. The highest BCUT2D eigenvalue weighted by Crippen LogP contribution is 2.16. The molecule has 2 rings (SSSR count). The Morgan fingerprint density at radius 2 is 1.91 bits per heavy atom. The molecule has 4 nitrogen and oxygen atoms in total. The quantitative estimate of drug-likeness (QED) is 0.855. The maximum Gasteiger partial charge on any atom is 0.254 e. The smallest absolute Gasteiger partial charge is 0.254 e. The largest absolute Gasteiger partial charge is 0.494 e. The van der Waals surface area contributed by atoms with Gasteiger partial charge in [0.2, 0.25) is 0 Å². The summed E-state index contributed by atoms with van der Waals surface area (Å²) in [6.07, 6.45) is 0. The number of hydrogen-bond acceptors (Lipinski definition) is 3. The number of ether oxygens (including phenoxy) is 1. The number of nitrogens with zero attached hydrogens (tertiary/aromatic N) is 1. The molecule has 2 N–H and O–H groups in total. The first-order valence-corrected chi connectivity index (χ1v) is 7.50. The van der Waals surface area contributed by atoms with Gasteiger partial charge in [0.05, 0.1) is 6.61 Å². The summed E-state index contributed by atoms with van der Waals surface area (Å²) in [5.74, 6) is 0.677. The van der Waals surface area contributed by atoms with Gasteiger partial charge in [0.15, 0.2) is 0 Å². The number of benzene rings is 2. The average molecular weight is 298 g/mol. The SMILES string of the molecule is CCOc1cccc(C(=O)N(CCN)Cc2ccccc2)c1. The van der Waals surface area contributed by atoms with Gasteiger partial charge in [-0.25, -0.2) is 0 Å². The molecule has 22 heavy (non-hydrogen) atoms. The van der Waals surface area contributed by atoms with E-state index in [4.69, 9.17) is 10.5 Å². The monoisotopic (exact) mass is 298 g/mol. The summed E-state index contributed by atoms with van der Waals surface area (Å²) < 4.78 is 5.46. The molecule has 0 unspecified atom stereocenters. The summed E-state index contributed by atoms with van der Waals surface area (Å²) in [5, 5.41) is 0. The molecule has 4 heteroatoms. The van der Waals surface area contributed by atoms with Crippen molar-refractivity contribution in [3.05, 3.63) is 65.7 Å². The van der Waals surface area contributed by atoms with Gasteiger partial charge in [-0.2, -0.15) is 0 Å². The summed E-state index contributed by atoms with van der Waals surface area (Å²) in [6, 6.07) is 17.2. The topological polar surface area (TPSA) is 55.6 Å². The molecule has 0 radical (unpaired) electrons. The first-order chi connectivity index (χ1) is 10.7. The second-order valence-corrected chi connectivity index (χ2v) is 4.96. The van der Waals surface area contributed by atoms with Crippen molar-refractivity contribution in [1.82, 2.24) is 4.90 Å². The number of hydrogen-bond donors (Lipinski definition) is 1. The molecular weight excluding hydrogens is 276 g/mol. The van der Waals surface area contributed by atoms with Crippen LogP contribution in [0.4, 0.5) is 0 Å². The zero-order chi connectivity index (χ0) is 15.8. The predicted molar refractivity (Wildman–Crippen MR) is 87.8 cm³/mol. The summed E-state index contributed by atoms with van der Waals surface area (Å²) in [7, 11) is 0. The third kappa shape index (κ3) is 4.33. The minimum atomic E-state index is -0.0316. The fraction of sp³-hybridized carbons (Fsp3) is 0.278. The Kier molecular flexibility index (Phi) is 5.98. The lowest BCUT2D eigenvalue weighted by atomic mass is 10.1. The lowest BCUT2D eigenvalue weighted by molar-refractivity contribution is 0.0748. The molecule has 0 saturated carbocycles. The van der Waals surface area contributed by atoms with Crippen LogP contribution in [0.15, 0.2) is 54.6 Å². The minimum absolute atomic E-state index is 0.0316. The molecular formula is C18H22N2O2. The van der Waals surface area contributed by atoms with Crippen LogP contribution >= 0.6 is 0 Å². The van der Waals surface area contributed by atoms with E-state index in [1.165, 1.54) is 0 Å². The minimum Gasteiger partial charge on any atom is -0.494 e. The molecule has 0 aromatic heterocycles. The Morgan fingerprint density at radius 1 is 1.14 bits per heavy atom. The maximum atomic E-state index is 12.7. The van der Waals surface area contributed by atoms with Gasteiger partial charge in [0.1, 0.15) is 5.75 Å². The van der Waals surface area contributed by atoms with Crippen molar-refractivity contribution in [1.29, 1.82) is 0 Å². The van der Waals surface area contributed by atoms with E-state index in [0.717, 1.165) is 5.56 Å². The molecule has 0 heterocycles. The molecule has 0 aliphatic rings. The van der Waals surface area contributed by atoms with E-state index in [2.05, 4.69) is 0 Å². The number of rotatable bonds is 7. The van der Waals surface area contributed by atoms with Crippen LogP contribution in [-0.4, -0.2) is 30.5 Å². The highest BCUT2D eigenvalue weighted by atomic mass is 16.5. The molecule has 0 spiro atoms. The summed E-state index contributed by atoms with van der Waals surface area (Å²) in [6.45, 7) is 4.00. The predicted octanol–water partition coefficient (Wildman–Crippen LogP) is 2.69. The van der Waals surface area contributed by atoms with Crippen molar-refractivity contribution in [3.63, 3.8) is 0 Å². The molecule has 2 aromatic carbocycles. The first kappa shape index (κ1) is 16.0. The number of carbonyl (C=O) groups is 1. The fourth-order valence-corrected chi connectivity index (χ4v) is 2.28. The van der Waals surface area contributed by atoms with Gasteiger partial charge in [-0.15, -0.1) is 0 Å². The van der Waals surface area contributed by atoms with Gasteiger partial charge in [0.25, 0.3) is 5.91 Å². The van der Waals surface area contributed by atoms with Gasteiger partial charge in [0, 0.05) is 25.2 Å². The van der Waals surface area contributed by atoms with Crippen LogP contribution < -0.4 is 10.5 Å². The van der Waals surface area contributed by atoms with Crippen molar-refractivity contribution < 1.29 is 9.53 Å². The van der Waals surface area contributed by atoms with Crippen LogP contribution in [0.3, 0.4) is 0 Å². The molecule has 0 saturated heterocycles. The van der Waals surface area contributed by atoms with Crippen LogP contribution in [0.5, 0.6) is 5.75 Å². The van der Waals surface area contributed by atoms with Crippen LogP contribution in [0.2, 0.25) is 0 Å². The van der Waals surface area contributed by atoms with E-state index in [-0.39, 0.29) is 5.91 Å². The van der Waals surface area contributed by atoms with Gasteiger partial charge < -0.3 is 15.4 Å². The van der Waals surface area contributed by atoms with Crippen molar-refractivity contribution in [2.75, 3.05) is 19.7 Å². The van der Waals surface area contributed by atoms with E-state index in [0.29, 0.717) is 37.6 Å². The van der Waals surface area contributed by atoms with E-state index in [9.17, 15) is 4.79 Å². The molecule has 0 atom stereocenters. The first-order valence-electron chi connectivity index (χ1n) is 7.50. The van der Waals surface area contributed by atoms with Crippen LogP contribution in [0.1, 0.15) is 22.8 Å². The summed E-state index contributed by atoms with van der Waals surface area (Å²) in [4.78, 5) is 14.5. The Hall–Kier alpha value is -2.33. The normalized spacial score (nSPS) is 10.3. The fourth-order valence-electron chi connectivity index (χ4n) is 2.28. The molecule has 1 amide bonds. The zero-order valence-corrected chi connectivity index (χ0v) is 12.9. The third-order valence-electron chi connectivity index (χ3n) is 3.29. The Labute approximate surface area is 131 Å². The average Bonchev–Trinajstić information content (AvgIpc) is 2.55. The molecule has 0 aliphatic heterocycles. The van der Waals surface area contributed by atoms with Crippen molar-refractivity contribution in [2.45, 2.75) is 13.5 Å². The molecule has 2 aromatic rings. The Balaban J connectivity index is 2.17. The number of carbonyl (C=O) groups excluding carboxylic acids is 1. The Morgan fingerprint density at radius 3 is 2.59 bits per heavy atom. The van der Waals surface area contributed by atoms with E-state index in [1.54, 1.807) is 17.0 Å². The van der Waals surface area contributed by atoms with E-state index in [1.807, 2.05) is 49.4 Å². The van der Waals surface area contributed by atoms with Crippen LogP contribution in [0, 0.1) is 0 Å². The summed E-state index contributed by atoms with van der Waals surface area (Å²) >= 11 is 0. The highest BCUT2D eigenvalue weighted by Gasteiger charge is 2.16. The zero-order valence-electron chi connectivity index (χ0n) is 12.9. The standard InChI is InChI=1S/C18H22N2O2/c1-2-22-17-10-6-9-16(13-17)18(21)20(12-11-19)14-15-7-4-3-5-8-15/h3-10,13H,2,11-12,14,19H2,1H3. The summed E-state index contributed by atoms with van der Waals surface area (Å²) in [5.41, 5.74) is 7.37.